The molecule has 0 spiro atoms. The van der Waals surface area contributed by atoms with Gasteiger partial charge in [0.2, 0.25) is 6.10 Å². The van der Waals surface area contributed by atoms with E-state index in [2.05, 4.69) is 0 Å². The topological polar surface area (TPSA) is 52.6 Å². The largest absolute Gasteiger partial charge is 0.462 e. The van der Waals surface area contributed by atoms with Crippen molar-refractivity contribution in [3.63, 3.8) is 0 Å². The molecule has 1 aromatic rings. The van der Waals surface area contributed by atoms with Crippen LogP contribution in [-0.2, 0) is 14.3 Å². The Labute approximate surface area is 123 Å². The molecule has 1 heterocycles. The van der Waals surface area contributed by atoms with E-state index in [4.69, 9.17) is 21.1 Å². The van der Waals surface area contributed by atoms with E-state index in [-0.39, 0.29) is 12.2 Å². The highest BCUT2D eigenvalue weighted by molar-refractivity contribution is 6.33. The average molecular weight is 297 g/mol. The van der Waals surface area contributed by atoms with Gasteiger partial charge in [0.1, 0.15) is 6.61 Å². The second-order valence-electron chi connectivity index (χ2n) is 5.80. The van der Waals surface area contributed by atoms with Crippen molar-refractivity contribution in [2.75, 3.05) is 6.61 Å². The molecule has 1 aliphatic heterocycles. The first-order chi connectivity index (χ1) is 9.22. The molecule has 4 nitrogen and oxygen atoms in total. The third-order valence-electron chi connectivity index (χ3n) is 3.54. The monoisotopic (exact) mass is 296 g/mol. The Balaban J connectivity index is 2.25. The molecule has 0 amide bonds. The molecule has 0 bridgehead atoms. The number of halogens is 1. The van der Waals surface area contributed by atoms with Crippen LogP contribution in [0.25, 0.3) is 0 Å². The number of carbonyl (C=O) groups is 2. The number of carbonyl (C=O) groups excluding carboxylic acids is 2. The van der Waals surface area contributed by atoms with E-state index < -0.39 is 23.5 Å². The van der Waals surface area contributed by atoms with Crippen molar-refractivity contribution in [3.8, 4) is 0 Å². The minimum atomic E-state index is -0.896. The zero-order valence-corrected chi connectivity index (χ0v) is 12.7. The maximum Gasteiger partial charge on any atom is 0.348 e. The van der Waals surface area contributed by atoms with Gasteiger partial charge >= 0.3 is 11.9 Å². The molecule has 0 aromatic heterocycles. The van der Waals surface area contributed by atoms with E-state index in [0.717, 1.165) is 11.1 Å². The van der Waals surface area contributed by atoms with E-state index in [1.807, 2.05) is 27.7 Å². The van der Waals surface area contributed by atoms with E-state index in [0.29, 0.717) is 5.02 Å². The number of hydrogen-bond donors (Lipinski definition) is 0. The van der Waals surface area contributed by atoms with Crippen LogP contribution >= 0.6 is 11.6 Å². The van der Waals surface area contributed by atoms with Crippen LogP contribution in [0.2, 0.25) is 5.02 Å². The zero-order chi connectivity index (χ0) is 15.1. The van der Waals surface area contributed by atoms with Gasteiger partial charge in [0.25, 0.3) is 0 Å². The summed E-state index contributed by atoms with van der Waals surface area (Å²) >= 11 is 6.07. The predicted molar refractivity (Wildman–Crippen MR) is 74.9 cm³/mol. The van der Waals surface area contributed by atoms with Gasteiger partial charge in [0.15, 0.2) is 0 Å². The summed E-state index contributed by atoms with van der Waals surface area (Å²) in [5.74, 6) is -1.11. The number of aryl methyl sites for hydroxylation is 2. The second kappa shape index (κ2) is 5.09. The van der Waals surface area contributed by atoms with Crippen molar-refractivity contribution in [3.05, 3.63) is 33.8 Å². The fourth-order valence-electron chi connectivity index (χ4n) is 2.04. The van der Waals surface area contributed by atoms with E-state index >= 15 is 0 Å². The number of ether oxygens (including phenoxy) is 2. The Morgan fingerprint density at radius 3 is 2.50 bits per heavy atom. The van der Waals surface area contributed by atoms with Gasteiger partial charge in [-0.15, -0.1) is 0 Å². The average Bonchev–Trinajstić information content (AvgIpc) is 2.60. The van der Waals surface area contributed by atoms with Crippen molar-refractivity contribution in [1.82, 2.24) is 0 Å². The number of hydrogen-bond acceptors (Lipinski definition) is 4. The molecular weight excluding hydrogens is 280 g/mol. The first-order valence-electron chi connectivity index (χ1n) is 6.37. The van der Waals surface area contributed by atoms with Gasteiger partial charge < -0.3 is 9.47 Å². The molecule has 1 unspecified atom stereocenters. The second-order valence-corrected chi connectivity index (χ2v) is 6.21. The van der Waals surface area contributed by atoms with Crippen LogP contribution in [0.5, 0.6) is 0 Å². The van der Waals surface area contributed by atoms with Crippen LogP contribution in [0.3, 0.4) is 0 Å². The lowest BCUT2D eigenvalue weighted by Crippen LogP contribution is -2.35. The molecule has 20 heavy (non-hydrogen) atoms. The summed E-state index contributed by atoms with van der Waals surface area (Å²) in [6.45, 7) is 7.67. The maximum atomic E-state index is 12.2. The molecule has 0 N–H and O–H groups in total. The summed E-state index contributed by atoms with van der Waals surface area (Å²) in [7, 11) is 0. The minimum Gasteiger partial charge on any atom is -0.462 e. The van der Waals surface area contributed by atoms with Gasteiger partial charge in [0.05, 0.1) is 10.6 Å². The van der Waals surface area contributed by atoms with E-state index in [9.17, 15) is 9.59 Å². The van der Waals surface area contributed by atoms with Crippen LogP contribution in [-0.4, -0.2) is 24.6 Å². The number of cyclic esters (lactones) is 1. The highest BCUT2D eigenvalue weighted by atomic mass is 35.5. The summed E-state index contributed by atoms with van der Waals surface area (Å²) in [6.07, 6.45) is -0.896. The first kappa shape index (κ1) is 14.9. The fraction of sp³-hybridized carbons (Fsp3) is 0.467. The van der Waals surface area contributed by atoms with Crippen molar-refractivity contribution in [2.45, 2.75) is 33.8 Å². The van der Waals surface area contributed by atoms with Gasteiger partial charge in [-0.2, -0.15) is 0 Å². The van der Waals surface area contributed by atoms with Crippen molar-refractivity contribution >= 4 is 23.5 Å². The minimum absolute atomic E-state index is 0.241. The molecular formula is C15H17ClO4. The van der Waals surface area contributed by atoms with Gasteiger partial charge in [-0.3, -0.25) is 0 Å². The summed E-state index contributed by atoms with van der Waals surface area (Å²) < 4.78 is 10.2. The van der Waals surface area contributed by atoms with E-state index in [1.54, 1.807) is 12.1 Å². The lowest BCUT2D eigenvalue weighted by Gasteiger charge is -2.22. The molecule has 2 rings (SSSR count). The number of rotatable bonds is 2. The molecule has 1 aliphatic rings. The summed E-state index contributed by atoms with van der Waals surface area (Å²) in [6, 6.07) is 3.39. The van der Waals surface area contributed by atoms with Gasteiger partial charge in [-0.25, -0.2) is 9.59 Å². The first-order valence-corrected chi connectivity index (χ1v) is 6.74. The molecule has 1 aromatic carbocycles. The van der Waals surface area contributed by atoms with Gasteiger partial charge in [-0.1, -0.05) is 25.4 Å². The maximum absolute atomic E-state index is 12.2. The Hall–Kier alpha value is -1.55. The Morgan fingerprint density at radius 1 is 1.35 bits per heavy atom. The molecule has 1 fully saturated rings. The fourth-order valence-corrected chi connectivity index (χ4v) is 2.34. The molecule has 5 heteroatoms. The molecule has 0 saturated carbocycles. The SMILES string of the molecule is Cc1cc(Cl)c(C(=O)OC2C(=O)OCC2(C)C)cc1C. The Morgan fingerprint density at radius 2 is 1.95 bits per heavy atom. The van der Waals surface area contributed by atoms with Crippen LogP contribution < -0.4 is 0 Å². The van der Waals surface area contributed by atoms with Gasteiger partial charge in [0, 0.05) is 5.41 Å². The van der Waals surface area contributed by atoms with Crippen LogP contribution in [0, 0.1) is 19.3 Å². The molecule has 108 valence electrons. The zero-order valence-electron chi connectivity index (χ0n) is 12.0. The van der Waals surface area contributed by atoms with Crippen molar-refractivity contribution in [1.29, 1.82) is 0 Å². The molecule has 0 aliphatic carbocycles. The lowest BCUT2D eigenvalue weighted by molar-refractivity contribution is -0.145. The number of benzene rings is 1. The number of esters is 2. The van der Waals surface area contributed by atoms with E-state index in [1.165, 1.54) is 0 Å². The summed E-state index contributed by atoms with van der Waals surface area (Å²) in [4.78, 5) is 23.8. The van der Waals surface area contributed by atoms with Crippen molar-refractivity contribution < 1.29 is 19.1 Å². The molecule has 0 radical (unpaired) electrons. The predicted octanol–water partition coefficient (Wildman–Crippen LogP) is 3.07. The quantitative estimate of drug-likeness (QED) is 0.787. The van der Waals surface area contributed by atoms with Crippen LogP contribution in [0.1, 0.15) is 35.3 Å². The summed E-state index contributed by atoms with van der Waals surface area (Å²) in [5.41, 5.74) is 1.67. The third-order valence-corrected chi connectivity index (χ3v) is 3.85. The van der Waals surface area contributed by atoms with Crippen molar-refractivity contribution in [2.24, 2.45) is 5.41 Å². The van der Waals surface area contributed by atoms with Gasteiger partial charge in [-0.05, 0) is 37.1 Å². The highest BCUT2D eigenvalue weighted by Gasteiger charge is 2.46. The molecule has 1 atom stereocenters. The normalized spacial score (nSPS) is 20.6. The van der Waals surface area contributed by atoms with Crippen LogP contribution in [0.15, 0.2) is 12.1 Å². The summed E-state index contributed by atoms with van der Waals surface area (Å²) in [5, 5.41) is 0.322. The Bertz CT molecular complexity index is 577. The highest BCUT2D eigenvalue weighted by Crippen LogP contribution is 2.32. The third kappa shape index (κ3) is 2.66. The van der Waals surface area contributed by atoms with Crippen LogP contribution in [0.4, 0.5) is 0 Å². The smallest absolute Gasteiger partial charge is 0.348 e. The Kier molecular flexibility index (Phi) is 3.78. The lowest BCUT2D eigenvalue weighted by atomic mass is 9.90. The standard InChI is InChI=1S/C15H17ClO4/c1-8-5-10(11(16)6-9(8)2)13(17)20-12-14(18)19-7-15(12,3)4/h5-6,12H,7H2,1-4H3. The molecule has 1 saturated heterocycles.